The molecule has 1 nitrogen and oxygen atoms in total. The molecule has 0 N–H and O–H groups in total. The lowest BCUT2D eigenvalue weighted by Gasteiger charge is -2.24. The van der Waals surface area contributed by atoms with Crippen LogP contribution in [-0.2, 0) is 0 Å². The molecule has 1 aliphatic heterocycles. The van der Waals surface area contributed by atoms with Crippen LogP contribution in [0.2, 0.25) is 0 Å². The number of nitrogens with zero attached hydrogens (tertiary/aromatic N) is 1. The van der Waals surface area contributed by atoms with Gasteiger partial charge in [0.1, 0.15) is 5.67 Å². The predicted octanol–water partition coefficient (Wildman–Crippen LogP) is 2.61. The molecule has 1 saturated heterocycles. The zero-order valence-corrected chi connectivity index (χ0v) is 8.72. The van der Waals surface area contributed by atoms with Gasteiger partial charge >= 0.3 is 0 Å². The molecule has 0 spiro atoms. The molecule has 76 valence electrons. The highest BCUT2D eigenvalue weighted by molar-refractivity contribution is 4.99. The molecule has 2 atom stereocenters. The molecule has 0 aromatic rings. The molecule has 0 amide bonds. The monoisotopic (exact) mass is 185 g/mol. The van der Waals surface area contributed by atoms with E-state index in [1.807, 2.05) is 0 Å². The van der Waals surface area contributed by atoms with Crippen LogP contribution in [0.25, 0.3) is 0 Å². The third-order valence-electron chi connectivity index (χ3n) is 3.49. The van der Waals surface area contributed by atoms with Crippen molar-refractivity contribution >= 4 is 0 Å². The summed E-state index contributed by atoms with van der Waals surface area (Å²) in [6.07, 6.45) is 4.05. The first-order chi connectivity index (χ1) is 6.13. The first kappa shape index (κ1) is 9.45. The first-order valence-electron chi connectivity index (χ1n) is 5.56. The molecule has 0 aromatic carbocycles. The topological polar surface area (TPSA) is 3.24 Å². The van der Waals surface area contributed by atoms with E-state index in [0.29, 0.717) is 12.6 Å². The van der Waals surface area contributed by atoms with Gasteiger partial charge in [-0.2, -0.15) is 0 Å². The van der Waals surface area contributed by atoms with Crippen LogP contribution in [-0.4, -0.2) is 29.7 Å². The van der Waals surface area contributed by atoms with Crippen LogP contribution in [0.15, 0.2) is 0 Å². The van der Waals surface area contributed by atoms with Crippen LogP contribution in [0, 0.1) is 5.92 Å². The van der Waals surface area contributed by atoms with E-state index in [0.717, 1.165) is 25.3 Å². The van der Waals surface area contributed by atoms with Crippen LogP contribution >= 0.6 is 0 Å². The van der Waals surface area contributed by atoms with Crippen molar-refractivity contribution in [3.63, 3.8) is 0 Å². The molecule has 13 heavy (non-hydrogen) atoms. The average molecular weight is 185 g/mol. The Balaban J connectivity index is 1.89. The second-order valence-corrected chi connectivity index (χ2v) is 4.98. The van der Waals surface area contributed by atoms with Gasteiger partial charge in [0.05, 0.1) is 0 Å². The molecule has 2 aliphatic rings. The Kier molecular flexibility index (Phi) is 2.35. The minimum Gasteiger partial charge on any atom is -0.297 e. The van der Waals surface area contributed by atoms with E-state index in [9.17, 15) is 4.39 Å². The molecule has 1 heterocycles. The lowest BCUT2D eigenvalue weighted by Crippen LogP contribution is -2.35. The molecule has 0 radical (unpaired) electrons. The summed E-state index contributed by atoms with van der Waals surface area (Å²) < 4.78 is 13.5. The molecule has 0 bridgehead atoms. The maximum absolute atomic E-state index is 13.5. The van der Waals surface area contributed by atoms with Crippen LogP contribution in [0.4, 0.5) is 4.39 Å². The minimum atomic E-state index is -0.794. The van der Waals surface area contributed by atoms with E-state index in [-0.39, 0.29) is 0 Å². The average Bonchev–Trinajstić information content (AvgIpc) is 2.67. The molecule has 2 fully saturated rings. The number of hydrogen-bond donors (Lipinski definition) is 0. The highest BCUT2D eigenvalue weighted by Crippen LogP contribution is 2.42. The van der Waals surface area contributed by atoms with Gasteiger partial charge in [-0.1, -0.05) is 13.8 Å². The van der Waals surface area contributed by atoms with Crippen molar-refractivity contribution in [1.82, 2.24) is 4.90 Å². The molecule has 2 rings (SSSR count). The maximum atomic E-state index is 13.5. The molecule has 2 heteroatoms. The SMILES string of the molecule is CCC1CC(C)CN1CC1(F)CC1. The molecular weight excluding hydrogens is 165 g/mol. The van der Waals surface area contributed by atoms with Gasteiger partial charge in [0, 0.05) is 19.1 Å². The highest BCUT2D eigenvalue weighted by Gasteiger charge is 2.46. The smallest absolute Gasteiger partial charge is 0.123 e. The van der Waals surface area contributed by atoms with Gasteiger partial charge < -0.3 is 0 Å². The Labute approximate surface area is 80.3 Å². The van der Waals surface area contributed by atoms with Gasteiger partial charge in [0.15, 0.2) is 0 Å². The van der Waals surface area contributed by atoms with E-state index in [1.165, 1.54) is 12.8 Å². The van der Waals surface area contributed by atoms with Gasteiger partial charge in [0.25, 0.3) is 0 Å². The third kappa shape index (κ3) is 2.04. The Morgan fingerprint density at radius 2 is 2.15 bits per heavy atom. The quantitative estimate of drug-likeness (QED) is 0.653. The van der Waals surface area contributed by atoms with Crippen molar-refractivity contribution < 1.29 is 4.39 Å². The fourth-order valence-corrected chi connectivity index (χ4v) is 2.51. The van der Waals surface area contributed by atoms with Crippen LogP contribution in [0.3, 0.4) is 0 Å². The predicted molar refractivity (Wildman–Crippen MR) is 52.5 cm³/mol. The molecule has 0 aromatic heterocycles. The van der Waals surface area contributed by atoms with Gasteiger partial charge in [-0.25, -0.2) is 4.39 Å². The van der Waals surface area contributed by atoms with Crippen molar-refractivity contribution in [2.75, 3.05) is 13.1 Å². The normalized spacial score (nSPS) is 38.1. The summed E-state index contributed by atoms with van der Waals surface area (Å²) in [5.74, 6) is 0.771. The van der Waals surface area contributed by atoms with Gasteiger partial charge in [-0.05, 0) is 31.6 Å². The van der Waals surface area contributed by atoms with Crippen LogP contribution in [0.5, 0.6) is 0 Å². The molecular formula is C11H20FN. The molecule has 1 saturated carbocycles. The third-order valence-corrected chi connectivity index (χ3v) is 3.49. The first-order valence-corrected chi connectivity index (χ1v) is 5.56. The van der Waals surface area contributed by atoms with Gasteiger partial charge in [0.2, 0.25) is 0 Å². The van der Waals surface area contributed by atoms with Crippen molar-refractivity contribution in [3.05, 3.63) is 0 Å². The Bertz CT molecular complexity index is 189. The summed E-state index contributed by atoms with van der Waals surface area (Å²) in [5.41, 5.74) is -0.794. The Morgan fingerprint density at radius 3 is 2.69 bits per heavy atom. The van der Waals surface area contributed by atoms with E-state index < -0.39 is 5.67 Å². The second kappa shape index (κ2) is 3.23. The zero-order valence-electron chi connectivity index (χ0n) is 8.72. The highest BCUT2D eigenvalue weighted by atomic mass is 19.1. The lowest BCUT2D eigenvalue weighted by atomic mass is 10.1. The summed E-state index contributed by atoms with van der Waals surface area (Å²) >= 11 is 0. The van der Waals surface area contributed by atoms with Crippen LogP contribution < -0.4 is 0 Å². The van der Waals surface area contributed by atoms with Crippen molar-refractivity contribution in [2.45, 2.75) is 51.2 Å². The van der Waals surface area contributed by atoms with Gasteiger partial charge in [-0.15, -0.1) is 0 Å². The van der Waals surface area contributed by atoms with E-state index >= 15 is 0 Å². The number of alkyl halides is 1. The number of halogens is 1. The lowest BCUT2D eigenvalue weighted by molar-refractivity contribution is 0.160. The number of likely N-dealkylation sites (tertiary alicyclic amines) is 1. The standard InChI is InChI=1S/C11H20FN/c1-3-10-6-9(2)7-13(10)8-11(12)4-5-11/h9-10H,3-8H2,1-2H3. The summed E-state index contributed by atoms with van der Waals surface area (Å²) in [5, 5.41) is 0. The minimum absolute atomic E-state index is 0.656. The fraction of sp³-hybridized carbons (Fsp3) is 1.00. The van der Waals surface area contributed by atoms with Crippen LogP contribution in [0.1, 0.15) is 39.5 Å². The van der Waals surface area contributed by atoms with Crippen molar-refractivity contribution in [2.24, 2.45) is 5.92 Å². The summed E-state index contributed by atoms with van der Waals surface area (Å²) in [4.78, 5) is 2.37. The number of hydrogen-bond acceptors (Lipinski definition) is 1. The van der Waals surface area contributed by atoms with Gasteiger partial charge in [-0.3, -0.25) is 4.90 Å². The number of rotatable bonds is 3. The van der Waals surface area contributed by atoms with Crippen molar-refractivity contribution in [1.29, 1.82) is 0 Å². The molecule has 2 unspecified atom stereocenters. The molecule has 1 aliphatic carbocycles. The van der Waals surface area contributed by atoms with E-state index in [4.69, 9.17) is 0 Å². The Hall–Kier alpha value is -0.110. The fourth-order valence-electron chi connectivity index (χ4n) is 2.51. The zero-order chi connectivity index (χ0) is 9.47. The largest absolute Gasteiger partial charge is 0.297 e. The van der Waals surface area contributed by atoms with Crippen molar-refractivity contribution in [3.8, 4) is 0 Å². The summed E-state index contributed by atoms with van der Waals surface area (Å²) in [6.45, 7) is 6.31. The van der Waals surface area contributed by atoms with E-state index in [2.05, 4.69) is 18.7 Å². The second-order valence-electron chi connectivity index (χ2n) is 4.98. The maximum Gasteiger partial charge on any atom is 0.123 e. The summed E-state index contributed by atoms with van der Waals surface area (Å²) in [6, 6.07) is 0.656. The van der Waals surface area contributed by atoms with E-state index in [1.54, 1.807) is 0 Å². The summed E-state index contributed by atoms with van der Waals surface area (Å²) in [7, 11) is 0. The Morgan fingerprint density at radius 1 is 1.46 bits per heavy atom.